The molecule has 8 nitrogen and oxygen atoms in total. The van der Waals surface area contributed by atoms with Crippen molar-refractivity contribution in [1.29, 1.82) is 0 Å². The largest absolute Gasteiger partial charge is 0.497 e. The van der Waals surface area contributed by atoms with Gasteiger partial charge in [0.25, 0.3) is 0 Å². The second kappa shape index (κ2) is 5.87. The van der Waals surface area contributed by atoms with Crippen LogP contribution in [-0.2, 0) is 4.79 Å². The number of ether oxygens (including phenoxy) is 1. The van der Waals surface area contributed by atoms with E-state index in [1.54, 1.807) is 7.11 Å². The van der Waals surface area contributed by atoms with Gasteiger partial charge in [0.15, 0.2) is 5.82 Å². The Bertz CT molecular complexity index is 1200. The molecule has 0 aliphatic carbocycles. The summed E-state index contributed by atoms with van der Waals surface area (Å²) in [7, 11) is 1.64. The first-order valence-corrected chi connectivity index (χ1v) is 8.47. The predicted octanol–water partition coefficient (Wildman–Crippen LogP) is 3.23. The fourth-order valence-corrected chi connectivity index (χ4v) is 3.28. The van der Waals surface area contributed by atoms with E-state index in [9.17, 15) is 4.79 Å². The van der Waals surface area contributed by atoms with E-state index in [-0.39, 0.29) is 12.5 Å². The van der Waals surface area contributed by atoms with Crippen LogP contribution < -0.4 is 20.7 Å². The molecule has 1 aliphatic heterocycles. The van der Waals surface area contributed by atoms with Crippen LogP contribution in [-0.4, -0.2) is 34.7 Å². The van der Waals surface area contributed by atoms with E-state index in [1.165, 1.54) is 0 Å². The number of aromatic nitrogens is 3. The fraction of sp³-hybridized carbons (Fsp3) is 0.105. The van der Waals surface area contributed by atoms with Crippen LogP contribution in [0, 0.1) is 0 Å². The van der Waals surface area contributed by atoms with Crippen molar-refractivity contribution in [2.45, 2.75) is 0 Å². The summed E-state index contributed by atoms with van der Waals surface area (Å²) in [5, 5.41) is 18.4. The Kier molecular flexibility index (Phi) is 3.36. The van der Waals surface area contributed by atoms with Crippen LogP contribution in [0.15, 0.2) is 42.6 Å². The number of hydrogen-bond acceptors (Lipinski definition) is 6. The van der Waals surface area contributed by atoms with Gasteiger partial charge in [-0.05, 0) is 36.4 Å². The maximum absolute atomic E-state index is 11.6. The molecule has 0 fully saturated rings. The number of fused-ring (bicyclic) bond motifs is 4. The number of carbonyl (C=O) groups excluding carboxylic acids is 1. The van der Waals surface area contributed by atoms with E-state index in [1.807, 2.05) is 42.6 Å². The minimum Gasteiger partial charge on any atom is -0.497 e. The number of anilines is 4. The molecule has 2 aromatic carbocycles. The van der Waals surface area contributed by atoms with E-state index in [4.69, 9.17) is 9.72 Å². The van der Waals surface area contributed by atoms with Gasteiger partial charge in [-0.15, -0.1) is 0 Å². The molecule has 0 saturated carbocycles. The smallest absolute Gasteiger partial charge is 0.243 e. The maximum Gasteiger partial charge on any atom is 0.243 e. The number of rotatable bonds is 3. The van der Waals surface area contributed by atoms with Crippen LogP contribution >= 0.6 is 0 Å². The molecule has 0 atom stereocenters. The number of aromatic amines is 1. The van der Waals surface area contributed by atoms with Crippen LogP contribution in [0.2, 0.25) is 0 Å². The van der Waals surface area contributed by atoms with Gasteiger partial charge in [0, 0.05) is 22.7 Å². The first-order valence-electron chi connectivity index (χ1n) is 8.47. The minimum atomic E-state index is -0.0629. The maximum atomic E-state index is 11.6. The summed E-state index contributed by atoms with van der Waals surface area (Å²) in [6, 6.07) is 11.5. The molecule has 5 rings (SSSR count). The molecule has 1 amide bonds. The molecule has 3 heterocycles. The molecule has 4 N–H and O–H groups in total. The molecule has 8 heteroatoms. The van der Waals surface area contributed by atoms with Crippen molar-refractivity contribution in [2.24, 2.45) is 0 Å². The summed E-state index contributed by atoms with van der Waals surface area (Å²) < 4.78 is 5.32. The quantitative estimate of drug-likeness (QED) is 0.447. The molecule has 27 heavy (non-hydrogen) atoms. The second-order valence-electron chi connectivity index (χ2n) is 6.28. The van der Waals surface area contributed by atoms with Crippen molar-refractivity contribution >= 4 is 50.6 Å². The highest BCUT2D eigenvalue weighted by atomic mass is 16.5. The van der Waals surface area contributed by atoms with E-state index < -0.39 is 0 Å². The fourth-order valence-electron chi connectivity index (χ4n) is 3.28. The van der Waals surface area contributed by atoms with Gasteiger partial charge < -0.3 is 20.7 Å². The van der Waals surface area contributed by atoms with Crippen molar-refractivity contribution in [1.82, 2.24) is 15.2 Å². The molecular formula is C19H16N6O2. The zero-order valence-electron chi connectivity index (χ0n) is 14.5. The number of benzene rings is 2. The standard InChI is InChI=1S/C19H16N6O2/c1-27-11-3-5-14-12(7-11)13-8-21-25-18(13)19(24-14)22-10-2-4-15-16(6-10)23-17(26)9-20-15/h2-8,20H,9H2,1H3,(H,21,25)(H,22,24)(H,23,26). The average Bonchev–Trinajstić information content (AvgIpc) is 3.18. The third kappa shape index (κ3) is 2.58. The van der Waals surface area contributed by atoms with Crippen LogP contribution in [0.4, 0.5) is 22.9 Å². The summed E-state index contributed by atoms with van der Waals surface area (Å²) in [5.74, 6) is 1.34. The van der Waals surface area contributed by atoms with Gasteiger partial charge >= 0.3 is 0 Å². The lowest BCUT2D eigenvalue weighted by atomic mass is 10.1. The van der Waals surface area contributed by atoms with Gasteiger partial charge in [0.05, 0.1) is 30.5 Å². The zero-order valence-corrected chi connectivity index (χ0v) is 14.5. The molecule has 0 unspecified atom stereocenters. The van der Waals surface area contributed by atoms with Crippen molar-refractivity contribution in [3.05, 3.63) is 42.6 Å². The lowest BCUT2D eigenvalue weighted by molar-refractivity contribution is -0.114. The van der Waals surface area contributed by atoms with E-state index in [0.29, 0.717) is 5.82 Å². The molecule has 0 saturated heterocycles. The van der Waals surface area contributed by atoms with Crippen molar-refractivity contribution in [2.75, 3.05) is 29.6 Å². The summed E-state index contributed by atoms with van der Waals surface area (Å²) in [6.45, 7) is 0.281. The molecule has 0 spiro atoms. The Balaban J connectivity index is 1.60. The number of nitrogens with zero attached hydrogens (tertiary/aromatic N) is 2. The SMILES string of the molecule is COc1ccc2nc(Nc3ccc4c(c3)NC(=O)CN4)c3n[nH]cc3c2c1. The highest BCUT2D eigenvalue weighted by Gasteiger charge is 2.16. The van der Waals surface area contributed by atoms with Gasteiger partial charge in [-0.3, -0.25) is 9.89 Å². The van der Waals surface area contributed by atoms with Crippen molar-refractivity contribution < 1.29 is 9.53 Å². The molecular weight excluding hydrogens is 344 g/mol. The number of amides is 1. The monoisotopic (exact) mass is 360 g/mol. The summed E-state index contributed by atoms with van der Waals surface area (Å²) >= 11 is 0. The Morgan fingerprint density at radius 1 is 1.11 bits per heavy atom. The first-order chi connectivity index (χ1) is 13.2. The number of pyridine rings is 1. The lowest BCUT2D eigenvalue weighted by Gasteiger charge is -2.19. The first kappa shape index (κ1) is 15.4. The number of hydrogen-bond donors (Lipinski definition) is 4. The average molecular weight is 360 g/mol. The molecule has 134 valence electrons. The van der Waals surface area contributed by atoms with Gasteiger partial charge in [-0.25, -0.2) is 4.98 Å². The van der Waals surface area contributed by atoms with Gasteiger partial charge in [-0.1, -0.05) is 0 Å². The third-order valence-electron chi connectivity index (χ3n) is 4.59. The molecule has 1 aliphatic rings. The topological polar surface area (TPSA) is 104 Å². The molecule has 0 radical (unpaired) electrons. The normalized spacial score (nSPS) is 13.1. The van der Waals surface area contributed by atoms with Crippen molar-refractivity contribution in [3.63, 3.8) is 0 Å². The lowest BCUT2D eigenvalue weighted by Crippen LogP contribution is -2.27. The van der Waals surface area contributed by atoms with Gasteiger partial charge in [0.2, 0.25) is 5.91 Å². The van der Waals surface area contributed by atoms with Gasteiger partial charge in [-0.2, -0.15) is 5.10 Å². The van der Waals surface area contributed by atoms with Crippen molar-refractivity contribution in [3.8, 4) is 5.75 Å². The zero-order chi connectivity index (χ0) is 18.4. The number of carbonyl (C=O) groups is 1. The molecule has 2 aromatic heterocycles. The van der Waals surface area contributed by atoms with E-state index >= 15 is 0 Å². The van der Waals surface area contributed by atoms with Gasteiger partial charge in [0.1, 0.15) is 11.3 Å². The molecule has 4 aromatic rings. The van der Waals surface area contributed by atoms with E-state index in [2.05, 4.69) is 26.1 Å². The summed E-state index contributed by atoms with van der Waals surface area (Å²) in [6.07, 6.45) is 1.85. The number of nitrogens with one attached hydrogen (secondary N) is 4. The number of methoxy groups -OCH3 is 1. The minimum absolute atomic E-state index is 0.0629. The third-order valence-corrected chi connectivity index (χ3v) is 4.59. The Morgan fingerprint density at radius 3 is 2.93 bits per heavy atom. The Labute approximate surface area is 153 Å². The Hall–Kier alpha value is -3.81. The highest BCUT2D eigenvalue weighted by molar-refractivity contribution is 6.09. The van der Waals surface area contributed by atoms with Crippen LogP contribution in [0.3, 0.4) is 0 Å². The second-order valence-corrected chi connectivity index (χ2v) is 6.28. The highest BCUT2D eigenvalue weighted by Crippen LogP contribution is 2.33. The van der Waals surface area contributed by atoms with Crippen LogP contribution in [0.5, 0.6) is 5.75 Å². The Morgan fingerprint density at radius 2 is 2.04 bits per heavy atom. The number of H-pyrrole nitrogens is 1. The molecule has 0 bridgehead atoms. The van der Waals surface area contributed by atoms with E-state index in [0.717, 1.165) is 44.6 Å². The summed E-state index contributed by atoms with van der Waals surface area (Å²) in [4.78, 5) is 16.3. The van der Waals surface area contributed by atoms with Crippen LogP contribution in [0.1, 0.15) is 0 Å². The van der Waals surface area contributed by atoms with Crippen LogP contribution in [0.25, 0.3) is 21.8 Å². The predicted molar refractivity (Wildman–Crippen MR) is 105 cm³/mol. The summed E-state index contributed by atoms with van der Waals surface area (Å²) in [5.41, 5.74) is 4.00.